The maximum absolute atomic E-state index is 4.46. The van der Waals surface area contributed by atoms with Gasteiger partial charge in [0.15, 0.2) is 0 Å². The molecule has 0 bridgehead atoms. The number of nitrogens with zero attached hydrogens (tertiary/aromatic N) is 1. The lowest BCUT2D eigenvalue weighted by Crippen LogP contribution is -2.22. The Morgan fingerprint density at radius 1 is 1.10 bits per heavy atom. The van der Waals surface area contributed by atoms with E-state index in [9.17, 15) is 0 Å². The SMILES string of the molecule is Cc1[nH]c2ccccc2c1-c1cnc(NC(C)C(C)C)[nH]1. The van der Waals surface area contributed by atoms with E-state index in [1.807, 2.05) is 12.3 Å². The Morgan fingerprint density at radius 3 is 2.62 bits per heavy atom. The third kappa shape index (κ3) is 2.53. The van der Waals surface area contributed by atoms with E-state index < -0.39 is 0 Å². The molecule has 0 radical (unpaired) electrons. The van der Waals surface area contributed by atoms with Gasteiger partial charge >= 0.3 is 0 Å². The van der Waals surface area contributed by atoms with E-state index in [1.54, 1.807) is 0 Å². The molecule has 0 aliphatic heterocycles. The van der Waals surface area contributed by atoms with Gasteiger partial charge in [0.25, 0.3) is 0 Å². The van der Waals surface area contributed by atoms with Crippen molar-refractivity contribution in [2.75, 3.05) is 5.32 Å². The number of nitrogens with one attached hydrogen (secondary N) is 3. The lowest BCUT2D eigenvalue weighted by molar-refractivity contribution is 0.557. The highest BCUT2D eigenvalue weighted by atomic mass is 15.1. The van der Waals surface area contributed by atoms with Gasteiger partial charge in [-0.25, -0.2) is 4.98 Å². The molecular weight excluding hydrogens is 260 g/mol. The fourth-order valence-electron chi connectivity index (χ4n) is 2.53. The predicted molar refractivity (Wildman–Crippen MR) is 88.5 cm³/mol. The molecule has 1 atom stereocenters. The average molecular weight is 282 g/mol. The smallest absolute Gasteiger partial charge is 0.200 e. The van der Waals surface area contributed by atoms with Gasteiger partial charge in [-0.05, 0) is 25.8 Å². The van der Waals surface area contributed by atoms with Crippen LogP contribution in [0.25, 0.3) is 22.2 Å². The summed E-state index contributed by atoms with van der Waals surface area (Å²) in [7, 11) is 0. The lowest BCUT2D eigenvalue weighted by atomic mass is 10.1. The van der Waals surface area contributed by atoms with Crippen LogP contribution in [0.1, 0.15) is 26.5 Å². The zero-order chi connectivity index (χ0) is 15.0. The average Bonchev–Trinajstić information content (AvgIpc) is 3.01. The van der Waals surface area contributed by atoms with Crippen LogP contribution in [0.4, 0.5) is 5.95 Å². The van der Waals surface area contributed by atoms with Crippen LogP contribution in [0.2, 0.25) is 0 Å². The number of benzene rings is 1. The first-order valence-corrected chi connectivity index (χ1v) is 7.45. The van der Waals surface area contributed by atoms with E-state index in [0.717, 1.165) is 22.9 Å². The number of H-pyrrole nitrogens is 2. The summed E-state index contributed by atoms with van der Waals surface area (Å²) in [6, 6.07) is 8.73. The molecule has 0 spiro atoms. The first-order valence-electron chi connectivity index (χ1n) is 7.45. The van der Waals surface area contributed by atoms with Crippen LogP contribution in [-0.2, 0) is 0 Å². The second-order valence-electron chi connectivity index (χ2n) is 5.99. The van der Waals surface area contributed by atoms with Crippen LogP contribution in [0.5, 0.6) is 0 Å². The van der Waals surface area contributed by atoms with Crippen molar-refractivity contribution in [1.82, 2.24) is 15.0 Å². The van der Waals surface area contributed by atoms with Gasteiger partial charge in [-0.1, -0.05) is 32.0 Å². The molecule has 4 nitrogen and oxygen atoms in total. The molecule has 1 unspecified atom stereocenters. The number of imidazole rings is 1. The first-order chi connectivity index (χ1) is 10.1. The zero-order valence-electron chi connectivity index (χ0n) is 13.0. The van der Waals surface area contributed by atoms with Crippen LogP contribution in [0.15, 0.2) is 30.5 Å². The molecule has 3 N–H and O–H groups in total. The minimum Gasteiger partial charge on any atom is -0.358 e. The molecule has 110 valence electrons. The molecule has 0 amide bonds. The van der Waals surface area contributed by atoms with E-state index >= 15 is 0 Å². The van der Waals surface area contributed by atoms with Crippen molar-refractivity contribution in [2.24, 2.45) is 5.92 Å². The van der Waals surface area contributed by atoms with Crippen molar-refractivity contribution in [3.63, 3.8) is 0 Å². The van der Waals surface area contributed by atoms with E-state index in [2.05, 4.69) is 66.2 Å². The highest BCUT2D eigenvalue weighted by molar-refractivity contribution is 5.96. The number of para-hydroxylation sites is 1. The van der Waals surface area contributed by atoms with Gasteiger partial charge in [0.1, 0.15) is 0 Å². The van der Waals surface area contributed by atoms with Crippen molar-refractivity contribution in [1.29, 1.82) is 0 Å². The van der Waals surface area contributed by atoms with E-state index in [4.69, 9.17) is 0 Å². The minimum atomic E-state index is 0.382. The molecule has 0 saturated heterocycles. The van der Waals surface area contributed by atoms with Crippen LogP contribution in [0, 0.1) is 12.8 Å². The lowest BCUT2D eigenvalue weighted by Gasteiger charge is -2.16. The zero-order valence-corrected chi connectivity index (χ0v) is 13.0. The summed E-state index contributed by atoms with van der Waals surface area (Å²) >= 11 is 0. The Morgan fingerprint density at radius 2 is 1.86 bits per heavy atom. The Hall–Kier alpha value is -2.23. The van der Waals surface area contributed by atoms with Crippen molar-refractivity contribution >= 4 is 16.9 Å². The summed E-state index contributed by atoms with van der Waals surface area (Å²) in [5.41, 5.74) is 4.56. The van der Waals surface area contributed by atoms with Gasteiger partial charge in [-0.3, -0.25) is 0 Å². The van der Waals surface area contributed by atoms with Crippen molar-refractivity contribution < 1.29 is 0 Å². The molecule has 3 rings (SSSR count). The summed E-state index contributed by atoms with van der Waals surface area (Å²) in [5.74, 6) is 1.39. The molecular formula is C17H22N4. The fraction of sp³-hybridized carbons (Fsp3) is 0.353. The van der Waals surface area contributed by atoms with Gasteiger partial charge in [-0.2, -0.15) is 0 Å². The topological polar surface area (TPSA) is 56.5 Å². The van der Waals surface area contributed by atoms with Gasteiger partial charge in [0.2, 0.25) is 5.95 Å². The standard InChI is InChI=1S/C17H22N4/c1-10(2)11(3)20-17-18-9-15(21-17)16-12(4)19-14-8-6-5-7-13(14)16/h5-11,19H,1-4H3,(H2,18,20,21). The summed E-state index contributed by atoms with van der Waals surface area (Å²) in [5, 5.41) is 4.64. The third-order valence-corrected chi connectivity index (χ3v) is 4.10. The summed E-state index contributed by atoms with van der Waals surface area (Å²) in [6.07, 6.45) is 1.90. The van der Waals surface area contributed by atoms with Crippen molar-refractivity contribution in [3.8, 4) is 11.3 Å². The molecule has 0 aliphatic carbocycles. The van der Waals surface area contributed by atoms with Crippen LogP contribution >= 0.6 is 0 Å². The highest BCUT2D eigenvalue weighted by Crippen LogP contribution is 2.31. The van der Waals surface area contributed by atoms with E-state index in [-0.39, 0.29) is 0 Å². The van der Waals surface area contributed by atoms with Crippen LogP contribution < -0.4 is 5.32 Å². The predicted octanol–water partition coefficient (Wildman–Crippen LogP) is 4.32. The molecule has 2 aromatic heterocycles. The maximum Gasteiger partial charge on any atom is 0.200 e. The number of aromatic amines is 2. The molecule has 1 aromatic carbocycles. The Bertz CT molecular complexity index is 751. The summed E-state index contributed by atoms with van der Waals surface area (Å²) < 4.78 is 0. The van der Waals surface area contributed by atoms with E-state index in [0.29, 0.717) is 12.0 Å². The van der Waals surface area contributed by atoms with Gasteiger partial charge in [0, 0.05) is 28.2 Å². The first kappa shape index (κ1) is 13.7. The maximum atomic E-state index is 4.46. The second kappa shape index (κ2) is 5.28. The molecule has 2 heterocycles. The number of hydrogen-bond donors (Lipinski definition) is 3. The molecule has 21 heavy (non-hydrogen) atoms. The monoisotopic (exact) mass is 282 g/mol. The fourth-order valence-corrected chi connectivity index (χ4v) is 2.53. The highest BCUT2D eigenvalue weighted by Gasteiger charge is 2.14. The molecule has 0 aliphatic rings. The Balaban J connectivity index is 1.97. The molecule has 0 fully saturated rings. The number of rotatable bonds is 4. The van der Waals surface area contributed by atoms with Crippen LogP contribution in [-0.4, -0.2) is 21.0 Å². The number of aryl methyl sites for hydroxylation is 1. The number of hydrogen-bond acceptors (Lipinski definition) is 2. The molecule has 3 aromatic rings. The Kier molecular flexibility index (Phi) is 3.45. The quantitative estimate of drug-likeness (QED) is 0.667. The van der Waals surface area contributed by atoms with Gasteiger partial charge in [0.05, 0.1) is 11.9 Å². The molecule has 4 heteroatoms. The normalized spacial score (nSPS) is 13.0. The number of anilines is 1. The molecule has 0 saturated carbocycles. The van der Waals surface area contributed by atoms with Crippen LogP contribution in [0.3, 0.4) is 0 Å². The third-order valence-electron chi connectivity index (χ3n) is 4.10. The van der Waals surface area contributed by atoms with E-state index in [1.165, 1.54) is 10.9 Å². The minimum absolute atomic E-state index is 0.382. The van der Waals surface area contributed by atoms with Gasteiger partial charge in [-0.15, -0.1) is 0 Å². The summed E-state index contributed by atoms with van der Waals surface area (Å²) in [4.78, 5) is 11.3. The Labute approximate surface area is 125 Å². The number of fused-ring (bicyclic) bond motifs is 1. The second-order valence-corrected chi connectivity index (χ2v) is 5.99. The number of aromatic nitrogens is 3. The summed E-state index contributed by atoms with van der Waals surface area (Å²) in [6.45, 7) is 8.67. The van der Waals surface area contributed by atoms with Crippen molar-refractivity contribution in [2.45, 2.75) is 33.7 Å². The van der Waals surface area contributed by atoms with Crippen molar-refractivity contribution in [3.05, 3.63) is 36.2 Å². The largest absolute Gasteiger partial charge is 0.358 e. The van der Waals surface area contributed by atoms with Gasteiger partial charge < -0.3 is 15.3 Å².